The zero-order valence-corrected chi connectivity index (χ0v) is 37.7. The van der Waals surface area contributed by atoms with Crippen molar-refractivity contribution in [2.45, 2.75) is 0 Å². The van der Waals surface area contributed by atoms with E-state index in [-0.39, 0.29) is 0 Å². The van der Waals surface area contributed by atoms with Gasteiger partial charge < -0.3 is 8.98 Å². The Bertz CT molecular complexity index is 4330. The van der Waals surface area contributed by atoms with E-state index >= 15 is 0 Å². The molecule has 0 amide bonds. The molecule has 70 heavy (non-hydrogen) atoms. The molecule has 0 atom stereocenters. The molecule has 14 aromatic rings. The molecule has 0 aliphatic carbocycles. The standard InChI is InChI=1S/C64H39N5O/c1-3-13-43(14-4-1)62-66-63(68-64(67-62)56-39-47-15-7-8-18-49(47)50-19-9-10-20-51(50)56)44-29-25-41(26-30-44)40-23-27-42(28-24-40)60-61-53(35-36-65-60)55-38-46(32-34-59(55)70-61)45-31-33-58-54(37-45)52-21-11-12-22-57(52)69(58)48-16-5-2-6-17-48/h1-39H. The highest BCUT2D eigenvalue weighted by Gasteiger charge is 2.19. The normalized spacial score (nSPS) is 11.7. The summed E-state index contributed by atoms with van der Waals surface area (Å²) in [7, 11) is 0. The lowest BCUT2D eigenvalue weighted by molar-refractivity contribution is 0.668. The van der Waals surface area contributed by atoms with Crippen molar-refractivity contribution >= 4 is 65.3 Å². The van der Waals surface area contributed by atoms with Crippen LogP contribution in [-0.4, -0.2) is 24.5 Å². The van der Waals surface area contributed by atoms with E-state index in [1.54, 1.807) is 0 Å². The van der Waals surface area contributed by atoms with Gasteiger partial charge in [-0.2, -0.15) is 0 Å². The second-order valence-corrected chi connectivity index (χ2v) is 17.8. The van der Waals surface area contributed by atoms with Gasteiger partial charge in [0, 0.05) is 55.7 Å². The maximum Gasteiger partial charge on any atom is 0.164 e. The zero-order valence-electron chi connectivity index (χ0n) is 37.7. The highest BCUT2D eigenvalue weighted by Crippen LogP contribution is 2.40. The third-order valence-electron chi connectivity index (χ3n) is 13.7. The van der Waals surface area contributed by atoms with Gasteiger partial charge in [-0.25, -0.2) is 15.0 Å². The topological polar surface area (TPSA) is 69.6 Å². The van der Waals surface area contributed by atoms with Crippen molar-refractivity contribution in [3.05, 3.63) is 237 Å². The molecule has 4 heterocycles. The second kappa shape index (κ2) is 16.1. The summed E-state index contributed by atoms with van der Waals surface area (Å²) < 4.78 is 8.96. The number of rotatable bonds is 7. The summed E-state index contributed by atoms with van der Waals surface area (Å²) in [4.78, 5) is 20.2. The Morgan fingerprint density at radius 3 is 1.63 bits per heavy atom. The summed E-state index contributed by atoms with van der Waals surface area (Å²) in [6.45, 7) is 0. The molecule has 0 aliphatic heterocycles. The third-order valence-corrected chi connectivity index (χ3v) is 13.7. The first kappa shape index (κ1) is 39.6. The van der Waals surface area contributed by atoms with Gasteiger partial charge >= 0.3 is 0 Å². The fraction of sp³-hybridized carbons (Fsp3) is 0. The fourth-order valence-corrected chi connectivity index (χ4v) is 10.3. The highest BCUT2D eigenvalue weighted by atomic mass is 16.3. The van der Waals surface area contributed by atoms with E-state index in [0.717, 1.165) is 88.6 Å². The van der Waals surface area contributed by atoms with Crippen LogP contribution in [-0.2, 0) is 0 Å². The van der Waals surface area contributed by atoms with Gasteiger partial charge in [-0.15, -0.1) is 0 Å². The van der Waals surface area contributed by atoms with Crippen molar-refractivity contribution in [3.63, 3.8) is 0 Å². The van der Waals surface area contributed by atoms with Crippen LogP contribution in [0.1, 0.15) is 0 Å². The Morgan fingerprint density at radius 2 is 0.871 bits per heavy atom. The smallest absolute Gasteiger partial charge is 0.164 e. The quantitative estimate of drug-likeness (QED) is 0.149. The Balaban J connectivity index is 0.784. The maximum atomic E-state index is 6.61. The third kappa shape index (κ3) is 6.57. The summed E-state index contributed by atoms with van der Waals surface area (Å²) in [6, 6.07) is 80.9. The first-order chi connectivity index (χ1) is 34.7. The largest absolute Gasteiger partial charge is 0.454 e. The molecule has 14 rings (SSSR count). The van der Waals surface area contributed by atoms with Gasteiger partial charge in [-0.1, -0.05) is 176 Å². The van der Waals surface area contributed by atoms with Crippen LogP contribution in [0.5, 0.6) is 0 Å². The van der Waals surface area contributed by atoms with Gasteiger partial charge in [0.1, 0.15) is 11.3 Å². The molecule has 6 nitrogen and oxygen atoms in total. The van der Waals surface area contributed by atoms with Crippen LogP contribution >= 0.6 is 0 Å². The van der Waals surface area contributed by atoms with Crippen molar-refractivity contribution in [2.24, 2.45) is 0 Å². The van der Waals surface area contributed by atoms with Crippen LogP contribution < -0.4 is 0 Å². The number of benzene rings is 10. The lowest BCUT2D eigenvalue weighted by atomic mass is 9.97. The van der Waals surface area contributed by atoms with E-state index in [2.05, 4.69) is 205 Å². The van der Waals surface area contributed by atoms with E-state index in [0.29, 0.717) is 17.5 Å². The van der Waals surface area contributed by atoms with Crippen molar-refractivity contribution in [1.29, 1.82) is 0 Å². The van der Waals surface area contributed by atoms with Crippen LogP contribution in [0.15, 0.2) is 241 Å². The molecule has 10 aromatic carbocycles. The van der Waals surface area contributed by atoms with Crippen LogP contribution in [0.25, 0.3) is 139 Å². The van der Waals surface area contributed by atoms with E-state index in [9.17, 15) is 0 Å². The van der Waals surface area contributed by atoms with Gasteiger partial charge in [0.15, 0.2) is 23.1 Å². The lowest BCUT2D eigenvalue weighted by Crippen LogP contribution is -2.00. The molecule has 0 fully saturated rings. The molecule has 0 spiro atoms. The fourth-order valence-electron chi connectivity index (χ4n) is 10.3. The summed E-state index contributed by atoms with van der Waals surface area (Å²) >= 11 is 0. The monoisotopic (exact) mass is 893 g/mol. The van der Waals surface area contributed by atoms with Crippen molar-refractivity contribution in [1.82, 2.24) is 24.5 Å². The first-order valence-electron chi connectivity index (χ1n) is 23.5. The van der Waals surface area contributed by atoms with Crippen LogP contribution in [0.3, 0.4) is 0 Å². The molecule has 6 heteroatoms. The van der Waals surface area contributed by atoms with Crippen molar-refractivity contribution < 1.29 is 4.42 Å². The number of furan rings is 1. The lowest BCUT2D eigenvalue weighted by Gasteiger charge is -2.12. The van der Waals surface area contributed by atoms with E-state index < -0.39 is 0 Å². The minimum Gasteiger partial charge on any atom is -0.454 e. The molecule has 0 unspecified atom stereocenters. The van der Waals surface area contributed by atoms with Crippen LogP contribution in [0, 0.1) is 0 Å². The number of nitrogens with zero attached hydrogens (tertiary/aromatic N) is 5. The predicted molar refractivity (Wildman–Crippen MR) is 287 cm³/mol. The molecule has 0 saturated carbocycles. The van der Waals surface area contributed by atoms with E-state index in [1.165, 1.54) is 32.6 Å². The first-order valence-corrected chi connectivity index (χ1v) is 23.5. The molecule has 0 saturated heterocycles. The molecule has 326 valence electrons. The Kier molecular flexibility index (Phi) is 9.10. The molecular weight excluding hydrogens is 855 g/mol. The molecule has 0 N–H and O–H groups in total. The molecular formula is C64H39N5O. The molecule has 0 radical (unpaired) electrons. The van der Waals surface area contributed by atoms with Gasteiger partial charge in [0.05, 0.1) is 11.0 Å². The van der Waals surface area contributed by atoms with Crippen molar-refractivity contribution in [3.8, 4) is 73.4 Å². The Hall–Kier alpha value is -9.52. The number of hydrogen-bond acceptors (Lipinski definition) is 5. The summed E-state index contributed by atoms with van der Waals surface area (Å²) in [6.07, 6.45) is 1.88. The maximum absolute atomic E-state index is 6.61. The number of para-hydroxylation sites is 2. The summed E-state index contributed by atoms with van der Waals surface area (Å²) in [5.74, 6) is 1.89. The molecule has 4 aromatic heterocycles. The number of pyridine rings is 1. The zero-order chi connectivity index (χ0) is 46.1. The van der Waals surface area contributed by atoms with Gasteiger partial charge in [0.25, 0.3) is 0 Å². The van der Waals surface area contributed by atoms with Gasteiger partial charge in [-0.3, -0.25) is 4.98 Å². The van der Waals surface area contributed by atoms with Gasteiger partial charge in [0.2, 0.25) is 0 Å². The Morgan fingerprint density at radius 1 is 0.329 bits per heavy atom. The highest BCUT2D eigenvalue weighted by molar-refractivity contribution is 6.14. The van der Waals surface area contributed by atoms with Crippen molar-refractivity contribution in [2.75, 3.05) is 0 Å². The summed E-state index contributed by atoms with van der Waals surface area (Å²) in [5.41, 5.74) is 14.2. The summed E-state index contributed by atoms with van der Waals surface area (Å²) in [5, 5.41) is 9.17. The minimum absolute atomic E-state index is 0.619. The Labute approximate surface area is 402 Å². The number of fused-ring (bicyclic) bond motifs is 9. The number of aromatic nitrogens is 5. The average Bonchev–Trinajstić information content (AvgIpc) is 3.98. The molecule has 0 bridgehead atoms. The average molecular weight is 894 g/mol. The molecule has 0 aliphatic rings. The minimum atomic E-state index is 0.619. The SMILES string of the molecule is c1ccc(-c2nc(-c3ccc(-c4ccc(-c5nccc6c5oc5ccc(-c7ccc8c(c7)c7ccccc7n8-c7ccccc7)cc56)cc4)cc3)nc(-c3cc4ccccc4c4ccccc34)n2)cc1. The second-order valence-electron chi connectivity index (χ2n) is 17.8. The van der Waals surface area contributed by atoms with E-state index in [1.807, 2.05) is 36.5 Å². The van der Waals surface area contributed by atoms with E-state index in [4.69, 9.17) is 24.4 Å². The predicted octanol–water partition coefficient (Wildman–Crippen LogP) is 16.6. The number of hydrogen-bond donors (Lipinski definition) is 0. The van der Waals surface area contributed by atoms with Crippen LogP contribution in [0.4, 0.5) is 0 Å². The van der Waals surface area contributed by atoms with Gasteiger partial charge in [-0.05, 0) is 98.4 Å². The van der Waals surface area contributed by atoms with Crippen LogP contribution in [0.2, 0.25) is 0 Å².